The first-order chi connectivity index (χ1) is 23.1. The SMILES string of the molecule is CCC[C@H]1N(C(=O)c2ncccc2C(F)(F)F)CCC[C@]1(Oc1csc(C(F)(F)F)c1)C(=O)N1CCc2sc(Cl)cc2C1CCC(=O)NC. The largest absolute Gasteiger partial charge is 0.474 e. The molecule has 2 aliphatic heterocycles. The number of fused-ring (bicyclic) bond motifs is 1. The van der Waals surface area contributed by atoms with Gasteiger partial charge in [0.2, 0.25) is 11.5 Å². The van der Waals surface area contributed by atoms with Crippen LogP contribution in [0.4, 0.5) is 26.3 Å². The summed E-state index contributed by atoms with van der Waals surface area (Å²) in [4.78, 5) is 47.9. The molecule has 0 spiro atoms. The average molecular weight is 751 g/mol. The van der Waals surface area contributed by atoms with Crippen LogP contribution in [0.25, 0.3) is 0 Å². The van der Waals surface area contributed by atoms with Crippen molar-refractivity contribution in [1.82, 2.24) is 20.1 Å². The zero-order chi connectivity index (χ0) is 35.7. The fourth-order valence-electron chi connectivity index (χ4n) is 6.70. The number of thiophene rings is 2. The summed E-state index contributed by atoms with van der Waals surface area (Å²) in [5, 5.41) is 3.68. The molecule has 49 heavy (non-hydrogen) atoms. The molecule has 266 valence electrons. The minimum atomic E-state index is -4.91. The first-order valence-corrected chi connectivity index (χ1v) is 17.7. The summed E-state index contributed by atoms with van der Waals surface area (Å²) in [6.07, 6.45) is -7.45. The maximum atomic E-state index is 15.2. The van der Waals surface area contributed by atoms with Crippen LogP contribution in [0.5, 0.6) is 5.75 Å². The fourth-order valence-corrected chi connectivity index (χ4v) is 8.70. The number of pyridine rings is 1. The Morgan fingerprint density at radius 1 is 1.10 bits per heavy atom. The van der Waals surface area contributed by atoms with Crippen molar-refractivity contribution in [1.29, 1.82) is 0 Å². The van der Waals surface area contributed by atoms with Crippen LogP contribution >= 0.6 is 34.3 Å². The van der Waals surface area contributed by atoms with Crippen LogP contribution in [0.1, 0.15) is 82.9 Å². The Morgan fingerprint density at radius 2 is 1.86 bits per heavy atom. The minimum absolute atomic E-state index is 0.0358. The van der Waals surface area contributed by atoms with Gasteiger partial charge in [0, 0.05) is 55.5 Å². The lowest BCUT2D eigenvalue weighted by atomic mass is 9.79. The van der Waals surface area contributed by atoms with Gasteiger partial charge in [-0.05, 0) is 49.4 Å². The van der Waals surface area contributed by atoms with E-state index in [-0.39, 0.29) is 56.9 Å². The third-order valence-corrected chi connectivity index (χ3v) is 11.1. The molecule has 8 nitrogen and oxygen atoms in total. The summed E-state index contributed by atoms with van der Waals surface area (Å²) in [6.45, 7) is 1.86. The Kier molecular flexibility index (Phi) is 10.9. The predicted octanol–water partition coefficient (Wildman–Crippen LogP) is 7.77. The Morgan fingerprint density at radius 3 is 2.51 bits per heavy atom. The number of alkyl halides is 6. The topological polar surface area (TPSA) is 91.8 Å². The number of ether oxygens (including phenoxy) is 1. The molecule has 0 aliphatic carbocycles. The molecular weight excluding hydrogens is 718 g/mol. The number of aromatic nitrogens is 1. The van der Waals surface area contributed by atoms with Crippen LogP contribution in [0, 0.1) is 0 Å². The quantitative estimate of drug-likeness (QED) is 0.226. The molecule has 3 aromatic heterocycles. The molecule has 2 aliphatic rings. The van der Waals surface area contributed by atoms with Gasteiger partial charge in [0.05, 0.1) is 22.0 Å². The highest BCUT2D eigenvalue weighted by atomic mass is 35.5. The van der Waals surface area contributed by atoms with Gasteiger partial charge in [-0.25, -0.2) is 0 Å². The molecule has 3 amide bonds. The third kappa shape index (κ3) is 7.55. The number of hydrogen-bond acceptors (Lipinski definition) is 7. The maximum Gasteiger partial charge on any atom is 0.425 e. The van der Waals surface area contributed by atoms with Gasteiger partial charge in [-0.1, -0.05) is 24.9 Å². The molecule has 17 heteroatoms. The molecule has 5 heterocycles. The number of carbonyl (C=O) groups is 3. The molecule has 0 aromatic carbocycles. The summed E-state index contributed by atoms with van der Waals surface area (Å²) in [6, 6.07) is 2.44. The molecule has 1 saturated heterocycles. The molecule has 0 bridgehead atoms. The van der Waals surface area contributed by atoms with Gasteiger partial charge >= 0.3 is 12.4 Å². The lowest BCUT2D eigenvalue weighted by Crippen LogP contribution is -2.68. The number of hydrogen-bond donors (Lipinski definition) is 1. The summed E-state index contributed by atoms with van der Waals surface area (Å²) in [5.41, 5.74) is -3.38. The van der Waals surface area contributed by atoms with Crippen LogP contribution in [0.2, 0.25) is 4.34 Å². The van der Waals surface area contributed by atoms with Gasteiger partial charge in [0.25, 0.3) is 11.8 Å². The number of rotatable bonds is 9. The van der Waals surface area contributed by atoms with E-state index in [1.165, 1.54) is 23.3 Å². The van der Waals surface area contributed by atoms with Crippen LogP contribution in [0.15, 0.2) is 35.8 Å². The van der Waals surface area contributed by atoms with Gasteiger partial charge in [-0.15, -0.1) is 22.7 Å². The maximum absolute atomic E-state index is 15.2. The molecule has 5 rings (SSSR count). The van der Waals surface area contributed by atoms with Crippen molar-refractivity contribution in [2.45, 2.75) is 81.9 Å². The smallest absolute Gasteiger partial charge is 0.425 e. The second kappa shape index (κ2) is 14.5. The van der Waals surface area contributed by atoms with Crippen LogP contribution in [0.3, 0.4) is 0 Å². The van der Waals surface area contributed by atoms with E-state index in [0.29, 0.717) is 28.5 Å². The van der Waals surface area contributed by atoms with E-state index in [4.69, 9.17) is 16.3 Å². The predicted molar refractivity (Wildman–Crippen MR) is 172 cm³/mol. The summed E-state index contributed by atoms with van der Waals surface area (Å²) in [7, 11) is 1.48. The van der Waals surface area contributed by atoms with Crippen molar-refractivity contribution in [2.75, 3.05) is 20.1 Å². The molecule has 3 atom stereocenters. The molecule has 0 radical (unpaired) electrons. The highest BCUT2D eigenvalue weighted by Gasteiger charge is 2.57. The van der Waals surface area contributed by atoms with E-state index >= 15 is 4.79 Å². The van der Waals surface area contributed by atoms with E-state index in [1.807, 2.05) is 0 Å². The Balaban J connectivity index is 1.63. The third-order valence-electron chi connectivity index (χ3n) is 8.83. The summed E-state index contributed by atoms with van der Waals surface area (Å²) >= 11 is 8.08. The molecule has 3 aromatic rings. The van der Waals surface area contributed by atoms with E-state index in [9.17, 15) is 35.9 Å². The van der Waals surface area contributed by atoms with Gasteiger partial charge in [-0.2, -0.15) is 26.3 Å². The second-order valence-electron chi connectivity index (χ2n) is 11.8. The fraction of sp³-hybridized carbons (Fsp3) is 0.500. The van der Waals surface area contributed by atoms with E-state index in [1.54, 1.807) is 13.0 Å². The number of halogens is 7. The van der Waals surface area contributed by atoms with Gasteiger partial charge in [-0.3, -0.25) is 19.4 Å². The van der Waals surface area contributed by atoms with Crippen LogP contribution in [-0.4, -0.2) is 64.3 Å². The lowest BCUT2D eigenvalue weighted by Gasteiger charge is -2.51. The Labute approximate surface area is 291 Å². The monoisotopic (exact) mass is 750 g/mol. The van der Waals surface area contributed by atoms with Crippen molar-refractivity contribution in [2.24, 2.45) is 0 Å². The van der Waals surface area contributed by atoms with Crippen LogP contribution in [-0.2, 0) is 28.4 Å². The standard InChI is InChI=1S/C32H33ClF6N4O4S2/c1-3-6-23-30(47-18-15-24(48-17-18)32(37,38)39,11-5-13-43(23)28(45)27-20(31(34,35)36)7-4-12-41-27)29(46)42-14-10-22-19(16-25(33)49-22)21(42)8-9-26(44)40-2/h4,7,12,15-17,21,23H,3,5-6,8-11,13-14H2,1-2H3,(H,40,44)/t21?,23-,30-/m1/s1. The minimum Gasteiger partial charge on any atom is -0.474 e. The summed E-state index contributed by atoms with van der Waals surface area (Å²) < 4.78 is 89.9. The second-order valence-corrected chi connectivity index (χ2v) is 14.5. The molecular formula is C32H33ClF6N4O4S2. The highest BCUT2D eigenvalue weighted by Crippen LogP contribution is 2.46. The normalized spacial score (nSPS) is 21.3. The number of nitrogens with one attached hydrogen (secondary N) is 1. The number of amides is 3. The van der Waals surface area contributed by atoms with Crippen molar-refractivity contribution < 1.29 is 45.5 Å². The van der Waals surface area contributed by atoms with Crippen LogP contribution < -0.4 is 10.1 Å². The van der Waals surface area contributed by atoms with Gasteiger partial charge in [0.1, 0.15) is 16.3 Å². The van der Waals surface area contributed by atoms with Gasteiger partial charge < -0.3 is 19.9 Å². The first-order valence-electron chi connectivity index (χ1n) is 15.6. The number of nitrogens with zero attached hydrogens (tertiary/aromatic N) is 3. The number of likely N-dealkylation sites (tertiary alicyclic amines) is 1. The molecule has 1 fully saturated rings. The summed E-state index contributed by atoms with van der Waals surface area (Å²) in [5.74, 6) is -2.25. The van der Waals surface area contributed by atoms with E-state index < -0.39 is 58.0 Å². The Bertz CT molecular complexity index is 1700. The van der Waals surface area contributed by atoms with Gasteiger partial charge in [0.15, 0.2) is 0 Å². The van der Waals surface area contributed by atoms with E-state index in [2.05, 4.69) is 10.3 Å². The van der Waals surface area contributed by atoms with Crippen molar-refractivity contribution >= 4 is 52.0 Å². The van der Waals surface area contributed by atoms with Crippen molar-refractivity contribution in [3.8, 4) is 5.75 Å². The van der Waals surface area contributed by atoms with E-state index in [0.717, 1.165) is 45.1 Å². The highest BCUT2D eigenvalue weighted by molar-refractivity contribution is 7.16. The molecule has 0 saturated carbocycles. The van der Waals surface area contributed by atoms with Crippen molar-refractivity contribution in [3.63, 3.8) is 0 Å². The number of piperidine rings is 1. The Hall–Kier alpha value is -3.37. The van der Waals surface area contributed by atoms with Crippen molar-refractivity contribution in [3.05, 3.63) is 66.8 Å². The number of carbonyl (C=O) groups excluding carboxylic acids is 3. The first kappa shape index (κ1) is 36.9. The molecule has 1 N–H and O–H groups in total. The zero-order valence-corrected chi connectivity index (χ0v) is 28.8. The lowest BCUT2D eigenvalue weighted by molar-refractivity contribution is -0.162. The zero-order valence-electron chi connectivity index (χ0n) is 26.4. The average Bonchev–Trinajstić information content (AvgIpc) is 3.69. The molecule has 1 unspecified atom stereocenters.